The van der Waals surface area contributed by atoms with E-state index in [9.17, 15) is 0 Å². The summed E-state index contributed by atoms with van der Waals surface area (Å²) in [5.41, 5.74) is 19.0. The van der Waals surface area contributed by atoms with Crippen molar-refractivity contribution in [3.05, 3.63) is 235 Å². The van der Waals surface area contributed by atoms with Gasteiger partial charge in [-0.1, -0.05) is 287 Å². The fourth-order valence-corrected chi connectivity index (χ4v) is 33.5. The number of nitrogens with zero attached hydrogens (tertiary/aromatic N) is 4. The SMILES string of the molecule is CC1=Cc2c(Br)cc(C)cc2C1[Si](C)(C)C1C(C)=Cc2c(Br)cc(C)cc21.CC1CC(Br)C2CC(C)C([Si](C)(C)C3C(C)CC4C(Br)CC(C)CC43)C2C1.[CH3-].[CH3-].[Cl][Zr+2][Cl].[Zr+4].c1ccc([N-]CCC[N-]c2ccccc2)cc1.c1ccc([N-]CCC[N-]c2ccccc2)cc1. The number of rotatable bonds is 16. The van der Waals surface area contributed by atoms with E-state index >= 15 is 0 Å². The molecule has 6 aliphatic rings. The van der Waals surface area contributed by atoms with Crippen LogP contribution in [-0.2, 0) is 47.1 Å². The molecule has 0 amide bonds. The van der Waals surface area contributed by atoms with E-state index < -0.39 is 37.0 Å². The van der Waals surface area contributed by atoms with E-state index in [0.717, 1.165) is 130 Å². The van der Waals surface area contributed by atoms with E-state index in [1.165, 1.54) is 92.0 Å². The van der Waals surface area contributed by atoms with Crippen molar-refractivity contribution in [2.75, 3.05) is 26.2 Å². The Labute approximate surface area is 644 Å². The van der Waals surface area contributed by atoms with E-state index in [1.807, 2.05) is 121 Å². The number of aryl methyl sites for hydroxylation is 2. The molecule has 0 aromatic heterocycles. The summed E-state index contributed by atoms with van der Waals surface area (Å²) in [5, 5.41) is 17.9. The van der Waals surface area contributed by atoms with Crippen LogP contribution in [0.3, 0.4) is 0 Å². The fraction of sp³-hybridized carbons (Fsp3) is 0.475. The van der Waals surface area contributed by atoms with Gasteiger partial charge in [0.05, 0.1) is 16.1 Å². The maximum atomic E-state index is 4.93. The van der Waals surface area contributed by atoms with Gasteiger partial charge < -0.3 is 36.1 Å². The van der Waals surface area contributed by atoms with Gasteiger partial charge in [0.2, 0.25) is 0 Å². The standard InChI is InChI=1S/C24H42Br2Si.C24H26Br2Si.2C15H16N2.2CH3.2ClH.2Zr/c2*1-13-7-19-17(21(25)9-13)11-15(3)23(19)27(5,6)24-16(4)12-18-20(24)8-14(2)10-22(18)26;2*1-3-8-14(9-4-1)16-12-7-13-17-15-10-5-2-6-11-15;;;;;;/h13-24H,7-12H2,1-6H3;7-12,23-24H,1-6H3;2*1-6,8-11H,7,12-13H2;2*1H3;2*1H;;/q;;2*-2;2*-1;;;2*+4/p-2. The van der Waals surface area contributed by atoms with Crippen molar-refractivity contribution in [2.24, 2.45) is 47.3 Å². The molecule has 0 aliphatic heterocycles. The third-order valence-electron chi connectivity index (χ3n) is 21.0. The van der Waals surface area contributed by atoms with Crippen molar-refractivity contribution < 1.29 is 47.1 Å². The molecule has 0 radical (unpaired) electrons. The number of fused-ring (bicyclic) bond motifs is 4. The molecule has 4 fully saturated rings. The molecule has 0 spiro atoms. The van der Waals surface area contributed by atoms with Crippen LogP contribution in [0.1, 0.15) is 137 Å². The molecule has 12 rings (SSSR count). The van der Waals surface area contributed by atoms with Gasteiger partial charge >= 0.3 is 64.1 Å². The van der Waals surface area contributed by atoms with E-state index in [0.29, 0.717) is 11.1 Å². The molecule has 504 valence electrons. The number of benzene rings is 6. The predicted molar refractivity (Wildman–Crippen MR) is 428 cm³/mol. The zero-order valence-electron chi connectivity index (χ0n) is 58.6. The Bertz CT molecular complexity index is 3000. The summed E-state index contributed by atoms with van der Waals surface area (Å²) in [6.45, 7) is 33.6. The van der Waals surface area contributed by atoms with Crippen LogP contribution in [0.15, 0.2) is 166 Å². The first-order valence-electron chi connectivity index (χ1n) is 33.6. The van der Waals surface area contributed by atoms with Gasteiger partial charge in [-0.2, -0.15) is 0 Å². The maximum absolute atomic E-state index is 4.93. The van der Waals surface area contributed by atoms with Crippen LogP contribution < -0.4 is 0 Å². The maximum Gasteiger partial charge on any atom is 4.00 e. The topological polar surface area (TPSA) is 56.4 Å². The molecule has 0 saturated heterocycles. The second-order valence-electron chi connectivity index (χ2n) is 28.8. The Balaban J connectivity index is 0.000000226. The van der Waals surface area contributed by atoms with Gasteiger partial charge in [0.15, 0.2) is 0 Å². The summed E-state index contributed by atoms with van der Waals surface area (Å²) in [5.74, 6) is 7.72. The molecule has 6 aliphatic carbocycles. The second kappa shape index (κ2) is 39.8. The van der Waals surface area contributed by atoms with Gasteiger partial charge in [0.1, 0.15) is 0 Å². The van der Waals surface area contributed by atoms with Crippen LogP contribution in [0.25, 0.3) is 33.4 Å². The van der Waals surface area contributed by atoms with Gasteiger partial charge in [-0.05, 0) is 170 Å². The van der Waals surface area contributed by atoms with Crippen LogP contribution in [0.5, 0.6) is 0 Å². The minimum atomic E-state index is -1.74. The van der Waals surface area contributed by atoms with Crippen molar-refractivity contribution in [1.29, 1.82) is 0 Å². The molecule has 4 nitrogen and oxygen atoms in total. The predicted octanol–water partition coefficient (Wildman–Crippen LogP) is 28.5. The zero-order chi connectivity index (χ0) is 65.6. The molecule has 6 aromatic rings. The molecule has 14 atom stereocenters. The number of allylic oxidation sites excluding steroid dienone is 2. The molecule has 0 heterocycles. The zero-order valence-corrected chi connectivity index (χ0v) is 73.4. The molecule has 14 heteroatoms. The fourth-order valence-electron chi connectivity index (χ4n) is 18.1. The van der Waals surface area contributed by atoms with Gasteiger partial charge in [0.25, 0.3) is 0 Å². The quantitative estimate of drug-likeness (QED) is 0.0401. The first kappa shape index (κ1) is 83.4. The average molecular weight is 1750 g/mol. The number of hydrogen-bond acceptors (Lipinski definition) is 0. The molecule has 0 N–H and O–H groups in total. The molecular formula is C80H106Br4Cl2N4Si2Zr2. The number of hydrogen-bond donors (Lipinski definition) is 0. The minimum Gasteiger partial charge on any atom is -0.684 e. The van der Waals surface area contributed by atoms with Gasteiger partial charge in [-0.25, -0.2) is 0 Å². The van der Waals surface area contributed by atoms with Crippen LogP contribution in [-0.4, -0.2) is 52.0 Å². The summed E-state index contributed by atoms with van der Waals surface area (Å²) >= 11 is 15.1. The van der Waals surface area contributed by atoms with Crippen molar-refractivity contribution in [3.63, 3.8) is 0 Å². The Kier molecular flexibility index (Phi) is 35.3. The van der Waals surface area contributed by atoms with Gasteiger partial charge in [-0.15, -0.1) is 48.9 Å². The number of halogens is 6. The summed E-state index contributed by atoms with van der Waals surface area (Å²) in [7, 11) is 6.79. The molecule has 94 heavy (non-hydrogen) atoms. The average Bonchev–Trinajstić information content (AvgIpc) is 1.57. The van der Waals surface area contributed by atoms with Gasteiger partial charge in [-0.3, -0.25) is 0 Å². The molecular weight excluding hydrogens is 1650 g/mol. The van der Waals surface area contributed by atoms with E-state index in [4.69, 9.17) is 17.0 Å². The van der Waals surface area contributed by atoms with Crippen molar-refractivity contribution >= 4 is 132 Å². The second-order valence-corrected chi connectivity index (χ2v) is 46.3. The summed E-state index contributed by atoms with van der Waals surface area (Å²) in [6, 6.07) is 49.6. The first-order chi connectivity index (χ1) is 43.5. The normalized spacial score (nSPS) is 25.8. The largest absolute Gasteiger partial charge is 4.00 e. The molecule has 6 aromatic carbocycles. The Hall–Kier alpha value is -1.30. The van der Waals surface area contributed by atoms with E-state index in [-0.39, 0.29) is 41.1 Å². The Morgan fingerprint density at radius 1 is 0.436 bits per heavy atom. The Morgan fingerprint density at radius 3 is 1.01 bits per heavy atom. The van der Waals surface area contributed by atoms with Crippen LogP contribution in [0.2, 0.25) is 37.3 Å². The summed E-state index contributed by atoms with van der Waals surface area (Å²) in [6.07, 6.45) is 15.7. The monoisotopic (exact) mass is 1740 g/mol. The van der Waals surface area contributed by atoms with Crippen molar-refractivity contribution in [3.8, 4) is 0 Å². The Morgan fingerprint density at radius 2 is 0.723 bits per heavy atom. The molecule has 4 saturated carbocycles. The van der Waals surface area contributed by atoms with E-state index in [1.54, 1.807) is 0 Å². The first-order valence-corrected chi connectivity index (χ1v) is 49.7. The summed E-state index contributed by atoms with van der Waals surface area (Å²) in [4.78, 5) is 1.58. The van der Waals surface area contributed by atoms with Crippen LogP contribution >= 0.6 is 80.7 Å². The minimum absolute atomic E-state index is 0. The third kappa shape index (κ3) is 21.9. The van der Waals surface area contributed by atoms with Gasteiger partial charge in [0, 0.05) is 29.7 Å². The summed E-state index contributed by atoms with van der Waals surface area (Å²) < 4.78 is 2.48. The van der Waals surface area contributed by atoms with E-state index in [2.05, 4.69) is 203 Å². The third-order valence-corrected chi connectivity index (χ3v) is 34.4. The number of para-hydroxylation sites is 4. The van der Waals surface area contributed by atoms with Crippen molar-refractivity contribution in [1.82, 2.24) is 0 Å². The molecule has 0 bridgehead atoms. The smallest absolute Gasteiger partial charge is 0.684 e. The number of alkyl halides is 2. The van der Waals surface area contributed by atoms with Crippen molar-refractivity contribution in [2.45, 2.75) is 165 Å². The molecule has 14 unspecified atom stereocenters. The van der Waals surface area contributed by atoms with Crippen LogP contribution in [0.4, 0.5) is 22.7 Å². The van der Waals surface area contributed by atoms with Crippen LogP contribution in [0, 0.1) is 76.0 Å².